The van der Waals surface area contributed by atoms with E-state index in [2.05, 4.69) is 9.98 Å². The second kappa shape index (κ2) is 7.68. The Morgan fingerprint density at radius 3 is 2.09 bits per heavy atom. The molecule has 0 aliphatic carbocycles. The molecule has 0 aliphatic rings. The summed E-state index contributed by atoms with van der Waals surface area (Å²) in [4.78, 5) is 7.85. The van der Waals surface area contributed by atoms with E-state index in [0.717, 1.165) is 11.3 Å². The van der Waals surface area contributed by atoms with Gasteiger partial charge in [0.2, 0.25) is 5.96 Å². The number of para-hydroxylation sites is 1. The molecule has 1 unspecified atom stereocenters. The van der Waals surface area contributed by atoms with Gasteiger partial charge in [-0.1, -0.05) is 48.5 Å². The first kappa shape index (κ1) is 15.4. The van der Waals surface area contributed by atoms with Gasteiger partial charge in [0.25, 0.3) is 0 Å². The maximum absolute atomic E-state index is 5.98. The fourth-order valence-electron chi connectivity index (χ4n) is 1.89. The molecule has 2 aromatic carbocycles. The molecule has 6 heteroatoms. The Labute approximate surface area is 129 Å². The molecule has 0 radical (unpaired) electrons. The zero-order valence-electron chi connectivity index (χ0n) is 12.1. The van der Waals surface area contributed by atoms with Crippen LogP contribution in [0.1, 0.15) is 11.7 Å². The summed E-state index contributed by atoms with van der Waals surface area (Å²) in [6.07, 6.45) is -0.281. The zero-order chi connectivity index (χ0) is 15.8. The largest absolute Gasteiger partial charge is 0.484 e. The second-order valence-corrected chi connectivity index (χ2v) is 4.57. The molecule has 2 aromatic rings. The van der Waals surface area contributed by atoms with E-state index in [0.29, 0.717) is 6.54 Å². The third-order valence-electron chi connectivity index (χ3n) is 2.86. The van der Waals surface area contributed by atoms with Gasteiger partial charge in [0.15, 0.2) is 5.96 Å². The highest BCUT2D eigenvalue weighted by molar-refractivity contribution is 5.92. The van der Waals surface area contributed by atoms with Crippen LogP contribution in [0.15, 0.2) is 70.6 Å². The summed E-state index contributed by atoms with van der Waals surface area (Å²) < 4.78 is 5.98. The normalized spacial score (nSPS) is 12.5. The van der Waals surface area contributed by atoms with E-state index in [1.165, 1.54) is 0 Å². The van der Waals surface area contributed by atoms with Crippen LogP contribution in [0.25, 0.3) is 0 Å². The minimum absolute atomic E-state index is 0.0255. The van der Waals surface area contributed by atoms with Crippen molar-refractivity contribution in [3.63, 3.8) is 0 Å². The van der Waals surface area contributed by atoms with Crippen molar-refractivity contribution >= 4 is 11.9 Å². The lowest BCUT2D eigenvalue weighted by Crippen LogP contribution is -2.27. The first-order chi connectivity index (χ1) is 10.6. The number of benzene rings is 2. The molecule has 1 atom stereocenters. The Morgan fingerprint density at radius 2 is 1.50 bits per heavy atom. The summed E-state index contributed by atoms with van der Waals surface area (Å²) in [6, 6.07) is 19.3. The molecular weight excluding hydrogens is 278 g/mol. The van der Waals surface area contributed by atoms with Crippen LogP contribution in [0.3, 0.4) is 0 Å². The highest BCUT2D eigenvalue weighted by Gasteiger charge is 2.13. The molecule has 6 N–H and O–H groups in total. The van der Waals surface area contributed by atoms with Crippen LogP contribution in [-0.4, -0.2) is 18.5 Å². The summed E-state index contributed by atoms with van der Waals surface area (Å²) in [6.45, 7) is 0.307. The molecule has 0 saturated heterocycles. The van der Waals surface area contributed by atoms with Crippen molar-refractivity contribution < 1.29 is 4.74 Å². The van der Waals surface area contributed by atoms with Gasteiger partial charge in [-0.15, -0.1) is 0 Å². The van der Waals surface area contributed by atoms with Crippen LogP contribution in [0.5, 0.6) is 5.75 Å². The molecule has 0 fully saturated rings. The van der Waals surface area contributed by atoms with E-state index in [-0.39, 0.29) is 18.0 Å². The van der Waals surface area contributed by atoms with E-state index >= 15 is 0 Å². The number of aliphatic imine (C=N–C) groups is 2. The maximum atomic E-state index is 5.98. The smallest absolute Gasteiger partial charge is 0.218 e. The summed E-state index contributed by atoms with van der Waals surface area (Å²) in [7, 11) is 0. The van der Waals surface area contributed by atoms with Gasteiger partial charge in [-0.05, 0) is 17.7 Å². The highest BCUT2D eigenvalue weighted by atomic mass is 16.5. The van der Waals surface area contributed by atoms with Gasteiger partial charge in [-0.3, -0.25) is 0 Å². The third-order valence-corrected chi connectivity index (χ3v) is 2.86. The molecule has 0 amide bonds. The standard InChI is InChI=1S/C16H19N5O/c17-15(18)21-16(19)20-11-14(12-7-3-1-4-8-12)22-13-9-5-2-6-10-13/h1-10,14H,11H2,(H6,17,18,19,20,21). The molecule has 0 heterocycles. The van der Waals surface area contributed by atoms with Crippen LogP contribution in [0, 0.1) is 0 Å². The maximum Gasteiger partial charge on any atom is 0.218 e. The van der Waals surface area contributed by atoms with Crippen molar-refractivity contribution in [3.8, 4) is 5.75 Å². The summed E-state index contributed by atoms with van der Waals surface area (Å²) >= 11 is 0. The quantitative estimate of drug-likeness (QED) is 0.572. The Bertz CT molecular complexity index is 636. The SMILES string of the molecule is NC(N)=NC(N)=NCC(Oc1ccccc1)c1ccccc1. The van der Waals surface area contributed by atoms with E-state index in [9.17, 15) is 0 Å². The van der Waals surface area contributed by atoms with E-state index in [1.54, 1.807) is 0 Å². The molecule has 2 rings (SSSR count). The van der Waals surface area contributed by atoms with Gasteiger partial charge < -0.3 is 21.9 Å². The first-order valence-corrected chi connectivity index (χ1v) is 6.81. The molecule has 0 aromatic heterocycles. The number of nitrogens with two attached hydrogens (primary N) is 3. The number of hydrogen-bond acceptors (Lipinski definition) is 2. The van der Waals surface area contributed by atoms with E-state index in [4.69, 9.17) is 21.9 Å². The topological polar surface area (TPSA) is 112 Å². The van der Waals surface area contributed by atoms with Crippen LogP contribution < -0.4 is 21.9 Å². The van der Waals surface area contributed by atoms with Gasteiger partial charge in [-0.25, -0.2) is 4.99 Å². The first-order valence-electron chi connectivity index (χ1n) is 6.81. The molecule has 22 heavy (non-hydrogen) atoms. The van der Waals surface area contributed by atoms with Gasteiger partial charge >= 0.3 is 0 Å². The van der Waals surface area contributed by atoms with Crippen LogP contribution in [0.4, 0.5) is 0 Å². The number of hydrogen-bond donors (Lipinski definition) is 3. The molecule has 0 bridgehead atoms. The number of ether oxygens (including phenoxy) is 1. The van der Waals surface area contributed by atoms with Crippen LogP contribution >= 0.6 is 0 Å². The summed E-state index contributed by atoms with van der Waals surface area (Å²) in [5, 5.41) is 0. The third kappa shape index (κ3) is 4.82. The minimum Gasteiger partial charge on any atom is -0.484 e. The fraction of sp³-hybridized carbons (Fsp3) is 0.125. The lowest BCUT2D eigenvalue weighted by Gasteiger charge is -2.18. The average molecular weight is 297 g/mol. The second-order valence-electron chi connectivity index (χ2n) is 4.57. The van der Waals surface area contributed by atoms with E-state index in [1.807, 2.05) is 60.7 Å². The van der Waals surface area contributed by atoms with Gasteiger partial charge in [-0.2, -0.15) is 4.99 Å². The highest BCUT2D eigenvalue weighted by Crippen LogP contribution is 2.22. The number of nitrogens with zero attached hydrogens (tertiary/aromatic N) is 2. The Morgan fingerprint density at radius 1 is 0.909 bits per heavy atom. The van der Waals surface area contributed by atoms with Crippen molar-refractivity contribution in [1.29, 1.82) is 0 Å². The van der Waals surface area contributed by atoms with Crippen molar-refractivity contribution in [2.75, 3.05) is 6.54 Å². The molecule has 0 aliphatic heterocycles. The zero-order valence-corrected chi connectivity index (χ0v) is 12.1. The fourth-order valence-corrected chi connectivity index (χ4v) is 1.89. The van der Waals surface area contributed by atoms with Crippen molar-refractivity contribution in [1.82, 2.24) is 0 Å². The van der Waals surface area contributed by atoms with Crippen LogP contribution in [0.2, 0.25) is 0 Å². The molecule has 0 saturated carbocycles. The molecular formula is C16H19N5O. The molecule has 6 nitrogen and oxygen atoms in total. The molecule has 0 spiro atoms. The summed E-state index contributed by atoms with van der Waals surface area (Å²) in [5.74, 6) is 0.658. The predicted molar refractivity (Wildman–Crippen MR) is 88.6 cm³/mol. The monoisotopic (exact) mass is 297 g/mol. The molecule has 114 valence electrons. The lowest BCUT2D eigenvalue weighted by molar-refractivity contribution is 0.215. The van der Waals surface area contributed by atoms with Gasteiger partial charge in [0.1, 0.15) is 11.9 Å². The van der Waals surface area contributed by atoms with Crippen molar-refractivity contribution in [3.05, 3.63) is 66.2 Å². The van der Waals surface area contributed by atoms with E-state index < -0.39 is 0 Å². The Hall–Kier alpha value is -3.02. The minimum atomic E-state index is -0.281. The predicted octanol–water partition coefficient (Wildman–Crippen LogP) is 1.39. The average Bonchev–Trinajstić information content (AvgIpc) is 2.52. The van der Waals surface area contributed by atoms with Crippen molar-refractivity contribution in [2.24, 2.45) is 27.2 Å². The van der Waals surface area contributed by atoms with Gasteiger partial charge in [0, 0.05) is 0 Å². The van der Waals surface area contributed by atoms with Crippen LogP contribution in [-0.2, 0) is 0 Å². The summed E-state index contributed by atoms with van der Waals surface area (Å²) in [5.41, 5.74) is 17.2. The Kier molecular flexibility index (Phi) is 5.37. The lowest BCUT2D eigenvalue weighted by atomic mass is 10.1. The Balaban J connectivity index is 2.17. The van der Waals surface area contributed by atoms with Crippen molar-refractivity contribution in [2.45, 2.75) is 6.10 Å². The van der Waals surface area contributed by atoms with Gasteiger partial charge in [0.05, 0.1) is 6.54 Å². The number of guanidine groups is 2. The number of rotatable bonds is 5.